The number of nitriles is 1. The van der Waals surface area contributed by atoms with E-state index in [-0.39, 0.29) is 5.91 Å². The van der Waals surface area contributed by atoms with E-state index in [1.165, 1.54) is 0 Å². The summed E-state index contributed by atoms with van der Waals surface area (Å²) >= 11 is 0. The third-order valence-corrected chi connectivity index (χ3v) is 3.63. The van der Waals surface area contributed by atoms with Gasteiger partial charge in [-0.15, -0.1) is 0 Å². The third kappa shape index (κ3) is 4.90. The van der Waals surface area contributed by atoms with Gasteiger partial charge in [-0.25, -0.2) is 0 Å². The SMILES string of the molecule is CCOc1ccc(N[C@H](C)C(=O)Nc2ccccc2C#N)cc1OCC. The zero-order valence-electron chi connectivity index (χ0n) is 15.2. The summed E-state index contributed by atoms with van der Waals surface area (Å²) in [5, 5.41) is 15.0. The van der Waals surface area contributed by atoms with E-state index in [0.717, 1.165) is 5.69 Å². The molecule has 0 unspecified atom stereocenters. The largest absolute Gasteiger partial charge is 0.490 e. The van der Waals surface area contributed by atoms with E-state index in [0.29, 0.717) is 36.0 Å². The topological polar surface area (TPSA) is 83.4 Å². The number of nitrogens with one attached hydrogen (secondary N) is 2. The van der Waals surface area contributed by atoms with Gasteiger partial charge in [0.25, 0.3) is 0 Å². The van der Waals surface area contributed by atoms with Crippen LogP contribution >= 0.6 is 0 Å². The zero-order chi connectivity index (χ0) is 18.9. The highest BCUT2D eigenvalue weighted by Gasteiger charge is 2.15. The van der Waals surface area contributed by atoms with E-state index in [2.05, 4.69) is 16.7 Å². The molecule has 2 aromatic rings. The van der Waals surface area contributed by atoms with Gasteiger partial charge in [0.05, 0.1) is 24.5 Å². The van der Waals surface area contributed by atoms with Crippen LogP contribution in [-0.2, 0) is 4.79 Å². The zero-order valence-corrected chi connectivity index (χ0v) is 15.2. The Morgan fingerprint density at radius 2 is 1.81 bits per heavy atom. The summed E-state index contributed by atoms with van der Waals surface area (Å²) in [6.45, 7) is 6.63. The second-order valence-corrected chi connectivity index (χ2v) is 5.54. The average Bonchev–Trinajstić information content (AvgIpc) is 2.64. The van der Waals surface area contributed by atoms with Crippen LogP contribution in [0.5, 0.6) is 11.5 Å². The maximum atomic E-state index is 12.4. The minimum absolute atomic E-state index is 0.237. The van der Waals surface area contributed by atoms with Gasteiger partial charge in [0.15, 0.2) is 11.5 Å². The van der Waals surface area contributed by atoms with Crippen molar-refractivity contribution < 1.29 is 14.3 Å². The Labute approximate surface area is 153 Å². The van der Waals surface area contributed by atoms with Crippen molar-refractivity contribution in [1.82, 2.24) is 0 Å². The molecule has 0 bridgehead atoms. The highest BCUT2D eigenvalue weighted by atomic mass is 16.5. The van der Waals surface area contributed by atoms with Gasteiger partial charge in [0.1, 0.15) is 12.1 Å². The Morgan fingerprint density at radius 3 is 2.50 bits per heavy atom. The molecule has 2 N–H and O–H groups in total. The molecule has 0 aliphatic rings. The first kappa shape index (κ1) is 19.1. The van der Waals surface area contributed by atoms with Crippen molar-refractivity contribution in [1.29, 1.82) is 5.26 Å². The summed E-state index contributed by atoms with van der Waals surface area (Å²) in [5.74, 6) is 1.06. The van der Waals surface area contributed by atoms with Crippen LogP contribution in [0.1, 0.15) is 26.3 Å². The fraction of sp³-hybridized carbons (Fsp3) is 0.300. The van der Waals surface area contributed by atoms with Gasteiger partial charge in [-0.2, -0.15) is 5.26 Å². The lowest BCUT2D eigenvalue weighted by atomic mass is 10.2. The van der Waals surface area contributed by atoms with Gasteiger partial charge in [-0.3, -0.25) is 4.79 Å². The fourth-order valence-electron chi connectivity index (χ4n) is 2.39. The predicted octanol–water partition coefficient (Wildman–Crippen LogP) is 3.79. The first-order valence-electron chi connectivity index (χ1n) is 8.55. The molecule has 1 atom stereocenters. The molecule has 6 heteroatoms. The highest BCUT2D eigenvalue weighted by Crippen LogP contribution is 2.31. The molecule has 26 heavy (non-hydrogen) atoms. The number of benzene rings is 2. The fourth-order valence-corrected chi connectivity index (χ4v) is 2.39. The number of hydrogen-bond donors (Lipinski definition) is 2. The van der Waals surface area contributed by atoms with Crippen molar-refractivity contribution in [3.8, 4) is 17.6 Å². The molecule has 0 radical (unpaired) electrons. The van der Waals surface area contributed by atoms with Gasteiger partial charge < -0.3 is 20.1 Å². The average molecular weight is 353 g/mol. The molecule has 0 saturated heterocycles. The molecule has 6 nitrogen and oxygen atoms in total. The van der Waals surface area contributed by atoms with Gasteiger partial charge in [0, 0.05) is 11.8 Å². The number of carbonyl (C=O) groups excluding carboxylic acids is 1. The highest BCUT2D eigenvalue weighted by molar-refractivity contribution is 5.97. The van der Waals surface area contributed by atoms with E-state index in [4.69, 9.17) is 14.7 Å². The van der Waals surface area contributed by atoms with Crippen LogP contribution in [0.4, 0.5) is 11.4 Å². The smallest absolute Gasteiger partial charge is 0.246 e. The molecule has 2 aromatic carbocycles. The minimum Gasteiger partial charge on any atom is -0.490 e. The molecule has 0 aliphatic heterocycles. The molecule has 0 fully saturated rings. The van der Waals surface area contributed by atoms with Crippen LogP contribution in [0.3, 0.4) is 0 Å². The molecule has 0 aromatic heterocycles. The van der Waals surface area contributed by atoms with Gasteiger partial charge >= 0.3 is 0 Å². The van der Waals surface area contributed by atoms with Crippen LogP contribution in [0.25, 0.3) is 0 Å². The Kier molecular flexibility index (Phi) is 6.86. The van der Waals surface area contributed by atoms with Crippen molar-refractivity contribution in [2.24, 2.45) is 0 Å². The van der Waals surface area contributed by atoms with Crippen LogP contribution in [0.2, 0.25) is 0 Å². The summed E-state index contributed by atoms with van der Waals surface area (Å²) < 4.78 is 11.1. The molecular weight excluding hydrogens is 330 g/mol. The minimum atomic E-state index is -0.505. The van der Waals surface area contributed by atoms with Crippen LogP contribution < -0.4 is 20.1 Å². The molecule has 0 saturated carbocycles. The van der Waals surface area contributed by atoms with Gasteiger partial charge in [-0.05, 0) is 45.0 Å². The first-order valence-corrected chi connectivity index (χ1v) is 8.55. The molecular formula is C20H23N3O3. The van der Waals surface area contributed by atoms with Crippen molar-refractivity contribution in [2.75, 3.05) is 23.8 Å². The summed E-state index contributed by atoms with van der Waals surface area (Å²) in [5.41, 5.74) is 1.66. The quantitative estimate of drug-likeness (QED) is 0.754. The molecule has 2 rings (SSSR count). The normalized spacial score (nSPS) is 11.2. The molecule has 0 heterocycles. The van der Waals surface area contributed by atoms with E-state index in [1.807, 2.05) is 32.0 Å². The Hall–Kier alpha value is -3.20. The summed E-state index contributed by atoms with van der Waals surface area (Å²) in [4.78, 5) is 12.4. The lowest BCUT2D eigenvalue weighted by Gasteiger charge is -2.18. The number of para-hydroxylation sites is 1. The van der Waals surface area contributed by atoms with Crippen molar-refractivity contribution in [3.05, 3.63) is 48.0 Å². The molecule has 136 valence electrons. The van der Waals surface area contributed by atoms with Crippen molar-refractivity contribution >= 4 is 17.3 Å². The van der Waals surface area contributed by atoms with E-state index < -0.39 is 6.04 Å². The summed E-state index contributed by atoms with van der Waals surface area (Å²) in [7, 11) is 0. The van der Waals surface area contributed by atoms with Crippen LogP contribution in [-0.4, -0.2) is 25.2 Å². The van der Waals surface area contributed by atoms with E-state index in [1.54, 1.807) is 31.2 Å². The van der Waals surface area contributed by atoms with Crippen molar-refractivity contribution in [3.63, 3.8) is 0 Å². The molecule has 1 amide bonds. The number of carbonyl (C=O) groups is 1. The Balaban J connectivity index is 2.08. The third-order valence-electron chi connectivity index (χ3n) is 3.63. The standard InChI is InChI=1S/C20H23N3O3/c1-4-25-18-11-10-16(12-19(18)26-5-2)22-14(3)20(24)23-17-9-7-6-8-15(17)13-21/h6-12,14,22H,4-5H2,1-3H3,(H,23,24)/t14-/m1/s1. The number of ether oxygens (including phenoxy) is 2. The first-order chi connectivity index (χ1) is 12.6. The number of amides is 1. The summed E-state index contributed by atoms with van der Waals surface area (Å²) in [6.07, 6.45) is 0. The van der Waals surface area contributed by atoms with Crippen LogP contribution in [0, 0.1) is 11.3 Å². The Morgan fingerprint density at radius 1 is 1.12 bits per heavy atom. The lowest BCUT2D eigenvalue weighted by Crippen LogP contribution is -2.32. The second kappa shape index (κ2) is 9.33. The summed E-state index contributed by atoms with van der Waals surface area (Å²) in [6, 6.07) is 13.9. The van der Waals surface area contributed by atoms with Crippen molar-refractivity contribution in [2.45, 2.75) is 26.8 Å². The predicted molar refractivity (Wildman–Crippen MR) is 102 cm³/mol. The second-order valence-electron chi connectivity index (χ2n) is 5.54. The Bertz CT molecular complexity index is 799. The maximum absolute atomic E-state index is 12.4. The monoisotopic (exact) mass is 353 g/mol. The molecule has 0 spiro atoms. The number of nitrogens with zero attached hydrogens (tertiary/aromatic N) is 1. The van der Waals surface area contributed by atoms with Gasteiger partial charge in [-0.1, -0.05) is 12.1 Å². The number of hydrogen-bond acceptors (Lipinski definition) is 5. The number of anilines is 2. The van der Waals surface area contributed by atoms with Gasteiger partial charge in [0.2, 0.25) is 5.91 Å². The lowest BCUT2D eigenvalue weighted by molar-refractivity contribution is -0.116. The van der Waals surface area contributed by atoms with E-state index >= 15 is 0 Å². The number of rotatable bonds is 8. The maximum Gasteiger partial charge on any atom is 0.246 e. The van der Waals surface area contributed by atoms with E-state index in [9.17, 15) is 4.79 Å². The molecule has 0 aliphatic carbocycles. The van der Waals surface area contributed by atoms with Crippen LogP contribution in [0.15, 0.2) is 42.5 Å².